The van der Waals surface area contributed by atoms with Gasteiger partial charge in [0.05, 0.1) is 11.1 Å². The van der Waals surface area contributed by atoms with Gasteiger partial charge in [-0.25, -0.2) is 9.78 Å². The summed E-state index contributed by atoms with van der Waals surface area (Å²) in [5.74, 6) is -1.01. The van der Waals surface area contributed by atoms with E-state index in [0.29, 0.717) is 20.5 Å². The summed E-state index contributed by atoms with van der Waals surface area (Å²) in [6.45, 7) is 0. The highest BCUT2D eigenvalue weighted by molar-refractivity contribution is 7.99. The van der Waals surface area contributed by atoms with Crippen molar-refractivity contribution in [1.29, 1.82) is 5.26 Å². The number of aromatic carboxylic acids is 1. The molecule has 0 atom stereocenters. The normalized spacial score (nSPS) is 9.89. The lowest BCUT2D eigenvalue weighted by Crippen LogP contribution is -1.96. The van der Waals surface area contributed by atoms with Crippen LogP contribution in [0.4, 0.5) is 0 Å². The summed E-state index contributed by atoms with van der Waals surface area (Å²) < 4.78 is 0. The number of nitrogens with zero attached hydrogens (tertiary/aromatic N) is 2. The van der Waals surface area contributed by atoms with Gasteiger partial charge in [0.15, 0.2) is 0 Å². The number of hydrogen-bond donors (Lipinski definition) is 1. The van der Waals surface area contributed by atoms with Crippen molar-refractivity contribution in [2.24, 2.45) is 0 Å². The predicted octanol–water partition coefficient (Wildman–Crippen LogP) is 3.46. The minimum atomic E-state index is -1.01. The molecule has 94 valence electrons. The quantitative estimate of drug-likeness (QED) is 0.937. The Labute approximate surface area is 118 Å². The van der Waals surface area contributed by atoms with Crippen LogP contribution in [-0.4, -0.2) is 16.1 Å². The summed E-state index contributed by atoms with van der Waals surface area (Å²) in [7, 11) is 0. The first-order valence-electron chi connectivity index (χ1n) is 5.17. The Morgan fingerprint density at radius 3 is 2.84 bits per heavy atom. The Hall–Kier alpha value is -2.03. The molecule has 0 saturated heterocycles. The van der Waals surface area contributed by atoms with Crippen LogP contribution in [-0.2, 0) is 0 Å². The third kappa shape index (κ3) is 3.25. The standard InChI is InChI=1S/C13H7ClN2O2S/c14-10-1-2-11(9(5-10)7-15)19-12-6-8(13(17)18)3-4-16-12/h1-6H,(H,17,18). The number of carboxylic acids is 1. The van der Waals surface area contributed by atoms with Gasteiger partial charge in [0.2, 0.25) is 0 Å². The Bertz CT molecular complexity index is 683. The van der Waals surface area contributed by atoms with E-state index in [9.17, 15) is 4.79 Å². The molecule has 2 rings (SSSR count). The van der Waals surface area contributed by atoms with E-state index in [1.54, 1.807) is 18.2 Å². The van der Waals surface area contributed by atoms with Crippen molar-refractivity contribution in [2.75, 3.05) is 0 Å². The third-order valence-corrected chi connectivity index (χ3v) is 3.50. The number of carbonyl (C=O) groups is 1. The molecule has 19 heavy (non-hydrogen) atoms. The van der Waals surface area contributed by atoms with Crippen molar-refractivity contribution in [1.82, 2.24) is 4.98 Å². The van der Waals surface area contributed by atoms with Crippen LogP contribution in [0.5, 0.6) is 0 Å². The van der Waals surface area contributed by atoms with Crippen LogP contribution in [0, 0.1) is 11.3 Å². The highest BCUT2D eigenvalue weighted by Gasteiger charge is 2.09. The fraction of sp³-hybridized carbons (Fsp3) is 0. The molecular formula is C13H7ClN2O2S. The summed E-state index contributed by atoms with van der Waals surface area (Å²) in [4.78, 5) is 15.6. The molecule has 0 fully saturated rings. The molecule has 1 aromatic heterocycles. The highest BCUT2D eigenvalue weighted by Crippen LogP contribution is 2.30. The van der Waals surface area contributed by atoms with Crippen molar-refractivity contribution in [3.63, 3.8) is 0 Å². The molecule has 0 bridgehead atoms. The van der Waals surface area contributed by atoms with E-state index in [-0.39, 0.29) is 5.56 Å². The van der Waals surface area contributed by atoms with Crippen LogP contribution < -0.4 is 0 Å². The van der Waals surface area contributed by atoms with E-state index in [0.717, 1.165) is 0 Å². The van der Waals surface area contributed by atoms with E-state index in [1.165, 1.54) is 30.1 Å². The van der Waals surface area contributed by atoms with E-state index in [1.807, 2.05) is 6.07 Å². The Morgan fingerprint density at radius 2 is 2.16 bits per heavy atom. The van der Waals surface area contributed by atoms with Gasteiger partial charge in [0.1, 0.15) is 11.1 Å². The molecule has 0 aliphatic carbocycles. The number of pyridine rings is 1. The molecule has 0 amide bonds. The minimum absolute atomic E-state index is 0.157. The summed E-state index contributed by atoms with van der Waals surface area (Å²) >= 11 is 7.04. The molecule has 0 radical (unpaired) electrons. The largest absolute Gasteiger partial charge is 0.478 e. The molecule has 0 spiro atoms. The molecule has 4 nitrogen and oxygen atoms in total. The lowest BCUT2D eigenvalue weighted by molar-refractivity contribution is 0.0696. The van der Waals surface area contributed by atoms with Gasteiger partial charge in [-0.1, -0.05) is 23.4 Å². The van der Waals surface area contributed by atoms with Gasteiger partial charge in [0, 0.05) is 16.1 Å². The number of nitriles is 1. The average Bonchev–Trinajstić information content (AvgIpc) is 2.41. The molecule has 0 aliphatic rings. The Morgan fingerprint density at radius 1 is 1.37 bits per heavy atom. The zero-order valence-electron chi connectivity index (χ0n) is 9.50. The Balaban J connectivity index is 2.34. The summed E-state index contributed by atoms with van der Waals surface area (Å²) in [5, 5.41) is 18.9. The first kappa shape index (κ1) is 13.4. The molecule has 1 N–H and O–H groups in total. The molecule has 1 heterocycles. The van der Waals surface area contributed by atoms with E-state index in [2.05, 4.69) is 4.98 Å². The lowest BCUT2D eigenvalue weighted by atomic mass is 10.2. The van der Waals surface area contributed by atoms with E-state index < -0.39 is 5.97 Å². The van der Waals surface area contributed by atoms with Gasteiger partial charge in [-0.05, 0) is 30.3 Å². The number of rotatable bonds is 3. The fourth-order valence-electron chi connectivity index (χ4n) is 1.39. The van der Waals surface area contributed by atoms with Crippen molar-refractivity contribution >= 4 is 29.3 Å². The first-order valence-corrected chi connectivity index (χ1v) is 6.36. The number of benzene rings is 1. The maximum absolute atomic E-state index is 10.9. The molecule has 0 unspecified atom stereocenters. The second kappa shape index (κ2) is 5.74. The zero-order valence-corrected chi connectivity index (χ0v) is 11.1. The minimum Gasteiger partial charge on any atom is -0.478 e. The molecule has 1 aromatic carbocycles. The van der Waals surface area contributed by atoms with Gasteiger partial charge in [-0.3, -0.25) is 0 Å². The summed E-state index contributed by atoms with van der Waals surface area (Å²) in [5.41, 5.74) is 0.588. The number of carboxylic acid groups (broad SMARTS) is 1. The molecule has 6 heteroatoms. The Kier molecular flexibility index (Phi) is 4.05. The molecule has 2 aromatic rings. The van der Waals surface area contributed by atoms with Crippen LogP contribution in [0.3, 0.4) is 0 Å². The van der Waals surface area contributed by atoms with Crippen LogP contribution in [0.15, 0.2) is 46.5 Å². The number of halogens is 1. The molecular weight excluding hydrogens is 284 g/mol. The highest BCUT2D eigenvalue weighted by atomic mass is 35.5. The van der Waals surface area contributed by atoms with Gasteiger partial charge >= 0.3 is 5.97 Å². The SMILES string of the molecule is N#Cc1cc(Cl)ccc1Sc1cc(C(=O)O)ccn1. The van der Waals surface area contributed by atoms with Crippen LogP contribution >= 0.6 is 23.4 Å². The first-order chi connectivity index (χ1) is 9.10. The summed E-state index contributed by atoms with van der Waals surface area (Å²) in [6.07, 6.45) is 1.42. The average molecular weight is 291 g/mol. The summed E-state index contributed by atoms with van der Waals surface area (Å²) in [6, 6.07) is 9.86. The topological polar surface area (TPSA) is 74.0 Å². The van der Waals surface area contributed by atoms with Gasteiger partial charge in [-0.2, -0.15) is 5.26 Å². The van der Waals surface area contributed by atoms with Crippen molar-refractivity contribution in [3.05, 3.63) is 52.7 Å². The van der Waals surface area contributed by atoms with Crippen LogP contribution in [0.1, 0.15) is 15.9 Å². The van der Waals surface area contributed by atoms with Crippen LogP contribution in [0.25, 0.3) is 0 Å². The maximum Gasteiger partial charge on any atom is 0.335 e. The van der Waals surface area contributed by atoms with Crippen molar-refractivity contribution < 1.29 is 9.90 Å². The predicted molar refractivity (Wildman–Crippen MR) is 71.5 cm³/mol. The number of aromatic nitrogens is 1. The second-order valence-corrected chi connectivity index (χ2v) is 5.04. The fourth-order valence-corrected chi connectivity index (χ4v) is 2.44. The van der Waals surface area contributed by atoms with Gasteiger partial charge in [0.25, 0.3) is 0 Å². The monoisotopic (exact) mass is 290 g/mol. The smallest absolute Gasteiger partial charge is 0.335 e. The zero-order chi connectivity index (χ0) is 13.8. The second-order valence-electron chi connectivity index (χ2n) is 3.54. The van der Waals surface area contributed by atoms with Crippen molar-refractivity contribution in [2.45, 2.75) is 9.92 Å². The number of hydrogen-bond acceptors (Lipinski definition) is 4. The van der Waals surface area contributed by atoms with Crippen LogP contribution in [0.2, 0.25) is 5.02 Å². The molecule has 0 saturated carbocycles. The lowest BCUT2D eigenvalue weighted by Gasteiger charge is -2.04. The molecule has 0 aliphatic heterocycles. The van der Waals surface area contributed by atoms with E-state index in [4.69, 9.17) is 22.0 Å². The van der Waals surface area contributed by atoms with Gasteiger partial charge in [-0.15, -0.1) is 0 Å². The third-order valence-electron chi connectivity index (χ3n) is 2.26. The van der Waals surface area contributed by atoms with Gasteiger partial charge < -0.3 is 5.11 Å². The van der Waals surface area contributed by atoms with Crippen molar-refractivity contribution in [3.8, 4) is 6.07 Å². The maximum atomic E-state index is 10.9. The van der Waals surface area contributed by atoms with E-state index >= 15 is 0 Å².